The molecule has 0 saturated carbocycles. The maximum atomic E-state index is 12.3. The molecule has 19 heavy (non-hydrogen) atoms. The molecule has 96 valence electrons. The lowest BCUT2D eigenvalue weighted by atomic mass is 9.78. The van der Waals surface area contributed by atoms with Crippen LogP contribution in [0.3, 0.4) is 0 Å². The Morgan fingerprint density at radius 2 is 2.16 bits per heavy atom. The van der Waals surface area contributed by atoms with Crippen molar-refractivity contribution in [1.29, 1.82) is 0 Å². The van der Waals surface area contributed by atoms with Crippen LogP contribution in [0.15, 0.2) is 41.8 Å². The van der Waals surface area contributed by atoms with E-state index in [1.807, 2.05) is 17.5 Å². The van der Waals surface area contributed by atoms with Crippen LogP contribution in [-0.2, 0) is 19.8 Å². The average molecular weight is 274 g/mol. The number of rotatable bonds is 2. The predicted molar refractivity (Wildman–Crippen MR) is 72.2 cm³/mol. The monoisotopic (exact) mass is 274 g/mol. The molecular formula is C13H11BO4S. The van der Waals surface area contributed by atoms with Gasteiger partial charge in [-0.1, -0.05) is 30.3 Å². The van der Waals surface area contributed by atoms with Crippen LogP contribution in [0.25, 0.3) is 0 Å². The van der Waals surface area contributed by atoms with Gasteiger partial charge in [-0.3, -0.25) is 0 Å². The van der Waals surface area contributed by atoms with E-state index in [0.717, 1.165) is 0 Å². The third-order valence-corrected chi connectivity index (χ3v) is 4.21. The highest BCUT2D eigenvalue weighted by atomic mass is 32.1. The third-order valence-electron chi connectivity index (χ3n) is 3.24. The van der Waals surface area contributed by atoms with Crippen molar-refractivity contribution in [2.75, 3.05) is 7.11 Å². The van der Waals surface area contributed by atoms with E-state index in [1.54, 1.807) is 24.3 Å². The van der Waals surface area contributed by atoms with E-state index in [1.165, 1.54) is 18.4 Å². The Kier molecular flexibility index (Phi) is 2.93. The molecule has 4 nitrogen and oxygen atoms in total. The van der Waals surface area contributed by atoms with Crippen molar-refractivity contribution >= 4 is 29.9 Å². The van der Waals surface area contributed by atoms with Crippen molar-refractivity contribution in [3.8, 4) is 0 Å². The maximum absolute atomic E-state index is 12.3. The van der Waals surface area contributed by atoms with Gasteiger partial charge < -0.3 is 14.4 Å². The van der Waals surface area contributed by atoms with Gasteiger partial charge in [-0.25, -0.2) is 4.79 Å². The highest BCUT2D eigenvalue weighted by molar-refractivity contribution is 7.10. The minimum absolute atomic E-state index is 0.529. The molecule has 0 amide bonds. The zero-order valence-electron chi connectivity index (χ0n) is 10.2. The molecule has 0 radical (unpaired) electrons. The highest BCUT2D eigenvalue weighted by Crippen LogP contribution is 2.40. The number of thiophene rings is 1. The molecule has 2 aromatic rings. The van der Waals surface area contributed by atoms with E-state index in [0.29, 0.717) is 15.9 Å². The molecule has 0 spiro atoms. The summed E-state index contributed by atoms with van der Waals surface area (Å²) < 4.78 is 10.5. The number of methoxy groups -OCH3 is 1. The summed E-state index contributed by atoms with van der Waals surface area (Å²) in [4.78, 5) is 13.0. The van der Waals surface area contributed by atoms with Crippen LogP contribution in [0, 0.1) is 0 Å². The highest BCUT2D eigenvalue weighted by Gasteiger charge is 2.55. The molecule has 0 saturated heterocycles. The molecule has 1 aliphatic heterocycles. The van der Waals surface area contributed by atoms with Crippen molar-refractivity contribution < 1.29 is 19.2 Å². The lowest BCUT2D eigenvalue weighted by molar-refractivity contribution is -0.156. The number of benzene rings is 1. The summed E-state index contributed by atoms with van der Waals surface area (Å²) in [5.41, 5.74) is -0.128. The number of hydrogen-bond acceptors (Lipinski definition) is 5. The third kappa shape index (κ3) is 1.64. The quantitative estimate of drug-likeness (QED) is 0.652. The van der Waals surface area contributed by atoms with Crippen molar-refractivity contribution in [3.05, 3.63) is 52.2 Å². The summed E-state index contributed by atoms with van der Waals surface area (Å²) in [5, 5.41) is 11.9. The SMILES string of the molecule is COC(=O)C1(c2cccs2)OB(O)c2ccccc21. The van der Waals surface area contributed by atoms with Crippen LogP contribution < -0.4 is 5.46 Å². The predicted octanol–water partition coefficient (Wildman–Crippen LogP) is 0.882. The average Bonchev–Trinajstić information content (AvgIpc) is 3.06. The summed E-state index contributed by atoms with van der Waals surface area (Å²) in [6.07, 6.45) is 0. The van der Waals surface area contributed by atoms with Gasteiger partial charge in [0.25, 0.3) is 0 Å². The minimum atomic E-state index is -1.36. The number of ether oxygens (including phenoxy) is 1. The lowest BCUT2D eigenvalue weighted by Crippen LogP contribution is -2.39. The molecule has 6 heteroatoms. The van der Waals surface area contributed by atoms with Crippen molar-refractivity contribution in [1.82, 2.24) is 0 Å². The van der Waals surface area contributed by atoms with Gasteiger partial charge in [0.1, 0.15) is 0 Å². The first-order valence-electron chi connectivity index (χ1n) is 5.78. The first-order chi connectivity index (χ1) is 9.20. The molecule has 1 aliphatic rings. The van der Waals surface area contributed by atoms with Crippen molar-refractivity contribution in [3.63, 3.8) is 0 Å². The topological polar surface area (TPSA) is 55.8 Å². The number of esters is 1. The summed E-state index contributed by atoms with van der Waals surface area (Å²) in [5.74, 6) is -0.529. The van der Waals surface area contributed by atoms with Gasteiger partial charge in [-0.15, -0.1) is 11.3 Å². The van der Waals surface area contributed by atoms with Crippen LogP contribution >= 0.6 is 11.3 Å². The van der Waals surface area contributed by atoms with Crippen LogP contribution in [0.2, 0.25) is 0 Å². The second kappa shape index (κ2) is 4.49. The maximum Gasteiger partial charge on any atom is 0.492 e. The van der Waals surface area contributed by atoms with Crippen LogP contribution in [0.4, 0.5) is 0 Å². The Hall–Kier alpha value is -1.63. The fourth-order valence-corrected chi connectivity index (χ4v) is 3.27. The molecule has 0 fully saturated rings. The normalized spacial score (nSPS) is 21.3. The Balaban J connectivity index is 2.26. The number of hydrogen-bond donors (Lipinski definition) is 1. The summed E-state index contributed by atoms with van der Waals surface area (Å²) >= 11 is 1.39. The van der Waals surface area contributed by atoms with Crippen LogP contribution in [0.1, 0.15) is 10.4 Å². The van der Waals surface area contributed by atoms with Crippen molar-refractivity contribution in [2.24, 2.45) is 0 Å². The zero-order valence-corrected chi connectivity index (χ0v) is 11.0. The van der Waals surface area contributed by atoms with Crippen molar-refractivity contribution in [2.45, 2.75) is 5.60 Å². The molecule has 0 aliphatic carbocycles. The Morgan fingerprint density at radius 3 is 2.84 bits per heavy atom. The number of fused-ring (bicyclic) bond motifs is 1. The van der Waals surface area contributed by atoms with Gasteiger partial charge in [0.05, 0.1) is 12.0 Å². The first kappa shape index (κ1) is 12.4. The molecule has 1 unspecified atom stereocenters. The molecule has 1 aromatic heterocycles. The molecular weight excluding hydrogens is 263 g/mol. The minimum Gasteiger partial charge on any atom is -0.466 e. The fraction of sp³-hybridized carbons (Fsp3) is 0.154. The molecule has 0 bridgehead atoms. The van der Waals surface area contributed by atoms with Crippen LogP contribution in [0.5, 0.6) is 0 Å². The van der Waals surface area contributed by atoms with E-state index in [2.05, 4.69) is 0 Å². The largest absolute Gasteiger partial charge is 0.492 e. The van der Waals surface area contributed by atoms with E-state index < -0.39 is 18.7 Å². The van der Waals surface area contributed by atoms with Gasteiger partial charge in [0.2, 0.25) is 5.60 Å². The lowest BCUT2D eigenvalue weighted by Gasteiger charge is -2.26. The Morgan fingerprint density at radius 1 is 1.37 bits per heavy atom. The number of carbonyl (C=O) groups is 1. The number of carbonyl (C=O) groups excluding carboxylic acids is 1. The van der Waals surface area contributed by atoms with Crippen LogP contribution in [-0.4, -0.2) is 25.2 Å². The summed E-state index contributed by atoms with van der Waals surface area (Å²) in [6, 6.07) is 10.8. The Bertz CT molecular complexity index is 613. The summed E-state index contributed by atoms with van der Waals surface area (Å²) in [6.45, 7) is 0. The van der Waals surface area contributed by atoms with Gasteiger partial charge in [-0.2, -0.15) is 0 Å². The van der Waals surface area contributed by atoms with E-state index in [4.69, 9.17) is 9.39 Å². The molecule has 1 aromatic carbocycles. The summed E-state index contributed by atoms with van der Waals surface area (Å²) in [7, 11) is 0.186. The molecule has 2 heterocycles. The molecule has 1 N–H and O–H groups in total. The van der Waals surface area contributed by atoms with E-state index in [9.17, 15) is 9.82 Å². The zero-order chi connectivity index (χ0) is 13.5. The van der Waals surface area contributed by atoms with Gasteiger partial charge in [-0.05, 0) is 22.5 Å². The van der Waals surface area contributed by atoms with E-state index in [-0.39, 0.29) is 0 Å². The van der Waals surface area contributed by atoms with Gasteiger partial charge in [0.15, 0.2) is 0 Å². The standard InChI is InChI=1S/C13H11BO4S/c1-17-12(15)13(11-7-4-8-19-11)9-5-2-3-6-10(9)14(16)18-13/h2-8,16H,1H3. The van der Waals surface area contributed by atoms with Gasteiger partial charge >= 0.3 is 13.1 Å². The fourth-order valence-electron chi connectivity index (χ4n) is 2.40. The molecule has 1 atom stereocenters. The molecule has 3 rings (SSSR count). The second-order valence-electron chi connectivity index (χ2n) is 4.21. The van der Waals surface area contributed by atoms with Gasteiger partial charge in [0, 0.05) is 0 Å². The van der Waals surface area contributed by atoms with E-state index >= 15 is 0 Å². The smallest absolute Gasteiger partial charge is 0.466 e. The first-order valence-corrected chi connectivity index (χ1v) is 6.66. The second-order valence-corrected chi connectivity index (χ2v) is 5.16. The Labute approximate surface area is 114 Å².